The Hall–Kier alpha value is -3.76. The smallest absolute Gasteiger partial charge is 0.256 e. The van der Waals surface area contributed by atoms with Gasteiger partial charge in [-0.25, -0.2) is 0 Å². The average Bonchev–Trinajstić information content (AvgIpc) is 3.50. The van der Waals surface area contributed by atoms with Crippen molar-refractivity contribution in [3.63, 3.8) is 0 Å². The van der Waals surface area contributed by atoms with Gasteiger partial charge in [-0.1, -0.05) is 24.3 Å². The molecule has 1 amide bonds. The predicted molar refractivity (Wildman–Crippen MR) is 137 cm³/mol. The van der Waals surface area contributed by atoms with Gasteiger partial charge in [0.05, 0.1) is 31.4 Å². The number of methoxy groups -OCH3 is 2. The molecule has 0 N–H and O–H groups in total. The number of nitriles is 1. The second-order valence-corrected chi connectivity index (χ2v) is 9.52. The Labute approximate surface area is 208 Å². The second kappa shape index (κ2) is 9.47. The summed E-state index contributed by atoms with van der Waals surface area (Å²) in [6, 6.07) is 16.1. The SMILES string of the molecule is CCn1cc(C(=O)N2CCc3c(C#N)csc3C2Cc2ccc(OC)c(OC)c2)c2ccccc21. The molecule has 0 radical (unpaired) electrons. The maximum Gasteiger partial charge on any atom is 0.256 e. The van der Waals surface area contributed by atoms with Gasteiger partial charge in [-0.2, -0.15) is 5.26 Å². The van der Waals surface area contributed by atoms with Crippen molar-refractivity contribution in [1.82, 2.24) is 9.47 Å². The van der Waals surface area contributed by atoms with Crippen molar-refractivity contribution in [3.05, 3.63) is 81.2 Å². The van der Waals surface area contributed by atoms with E-state index < -0.39 is 0 Å². The molecule has 7 heteroatoms. The molecule has 2 aromatic heterocycles. The van der Waals surface area contributed by atoms with Gasteiger partial charge in [-0.05, 0) is 49.1 Å². The summed E-state index contributed by atoms with van der Waals surface area (Å²) >= 11 is 1.57. The van der Waals surface area contributed by atoms with Gasteiger partial charge in [0.25, 0.3) is 5.91 Å². The van der Waals surface area contributed by atoms with Gasteiger partial charge in [-0.3, -0.25) is 4.79 Å². The van der Waals surface area contributed by atoms with E-state index in [0.29, 0.717) is 30.9 Å². The fraction of sp³-hybridized carbons (Fsp3) is 0.286. The van der Waals surface area contributed by atoms with Gasteiger partial charge >= 0.3 is 0 Å². The molecule has 178 valence electrons. The summed E-state index contributed by atoms with van der Waals surface area (Å²) in [5, 5.41) is 12.5. The molecule has 6 nitrogen and oxygen atoms in total. The lowest BCUT2D eigenvalue weighted by Crippen LogP contribution is -2.40. The van der Waals surface area contributed by atoms with Crippen molar-refractivity contribution in [2.24, 2.45) is 0 Å². The van der Waals surface area contributed by atoms with E-state index in [1.165, 1.54) is 0 Å². The van der Waals surface area contributed by atoms with Crippen LogP contribution in [0.4, 0.5) is 0 Å². The van der Waals surface area contributed by atoms with Gasteiger partial charge in [0.1, 0.15) is 6.07 Å². The van der Waals surface area contributed by atoms with E-state index in [9.17, 15) is 10.1 Å². The van der Waals surface area contributed by atoms with Gasteiger partial charge in [0.2, 0.25) is 0 Å². The van der Waals surface area contributed by atoms with Crippen molar-refractivity contribution in [2.75, 3.05) is 20.8 Å². The number of amides is 1. The molecule has 0 bridgehead atoms. The molecule has 0 fully saturated rings. The van der Waals surface area contributed by atoms with Gasteiger partial charge in [-0.15, -0.1) is 11.3 Å². The number of hydrogen-bond acceptors (Lipinski definition) is 5. The number of rotatable bonds is 6. The molecule has 4 aromatic rings. The minimum absolute atomic E-state index is 0.0245. The van der Waals surface area contributed by atoms with Crippen LogP contribution in [0.25, 0.3) is 10.9 Å². The first kappa shape index (κ1) is 23.0. The van der Waals surface area contributed by atoms with E-state index in [-0.39, 0.29) is 11.9 Å². The number of ether oxygens (including phenoxy) is 2. The third kappa shape index (κ3) is 3.94. The first-order chi connectivity index (χ1) is 17.1. The monoisotopic (exact) mass is 485 g/mol. The molecule has 35 heavy (non-hydrogen) atoms. The van der Waals surface area contributed by atoms with E-state index in [4.69, 9.17) is 9.47 Å². The summed E-state index contributed by atoms with van der Waals surface area (Å²) in [6.45, 7) is 3.45. The van der Waals surface area contributed by atoms with Gasteiger partial charge in [0, 0.05) is 40.4 Å². The highest BCUT2D eigenvalue weighted by Crippen LogP contribution is 2.40. The average molecular weight is 486 g/mol. The number of carbonyl (C=O) groups excluding carboxylic acids is 1. The summed E-state index contributed by atoms with van der Waals surface area (Å²) in [7, 11) is 3.24. The highest BCUT2D eigenvalue weighted by Gasteiger charge is 2.35. The fourth-order valence-corrected chi connectivity index (χ4v) is 6.23. The Morgan fingerprint density at radius 3 is 2.71 bits per heavy atom. The number of fused-ring (bicyclic) bond motifs is 2. The zero-order valence-corrected chi connectivity index (χ0v) is 20.9. The van der Waals surface area contributed by atoms with Crippen LogP contribution in [0.15, 0.2) is 54.0 Å². The maximum absolute atomic E-state index is 14.1. The lowest BCUT2D eigenvalue weighted by Gasteiger charge is -2.36. The Morgan fingerprint density at radius 1 is 1.17 bits per heavy atom. The highest BCUT2D eigenvalue weighted by molar-refractivity contribution is 7.10. The van der Waals surface area contributed by atoms with Crippen molar-refractivity contribution in [1.29, 1.82) is 5.26 Å². The molecule has 0 spiro atoms. The predicted octanol–water partition coefficient (Wildman–Crippen LogP) is 5.59. The van der Waals surface area contributed by atoms with Gasteiger partial charge in [0.15, 0.2) is 11.5 Å². The number of benzene rings is 2. The standard InChI is InChI=1S/C28H27N3O3S/c1-4-30-16-22(21-7-5-6-8-23(21)30)28(32)31-12-11-20-19(15-29)17-35-27(20)24(31)13-18-9-10-25(33-2)26(14-18)34-3/h5-10,14,16-17,24H,4,11-13H2,1-3H3. The fourth-order valence-electron chi connectivity index (χ4n) is 5.07. The summed E-state index contributed by atoms with van der Waals surface area (Å²) in [5.74, 6) is 1.36. The van der Waals surface area contributed by atoms with Crippen LogP contribution in [-0.2, 0) is 19.4 Å². The quantitative estimate of drug-likeness (QED) is 0.357. The zero-order chi connectivity index (χ0) is 24.5. The number of carbonyl (C=O) groups is 1. The van der Waals surface area contributed by atoms with E-state index in [0.717, 1.165) is 44.6 Å². The molecular weight excluding hydrogens is 458 g/mol. The van der Waals surface area contributed by atoms with Crippen LogP contribution in [0, 0.1) is 11.3 Å². The van der Waals surface area contributed by atoms with Crippen LogP contribution in [0.5, 0.6) is 11.5 Å². The van der Waals surface area contributed by atoms with Crippen LogP contribution in [0.1, 0.15) is 44.9 Å². The minimum atomic E-state index is -0.166. The third-order valence-corrected chi connectivity index (χ3v) is 7.95. The van der Waals surface area contributed by atoms with Crippen LogP contribution in [0.2, 0.25) is 0 Å². The molecule has 1 atom stereocenters. The van der Waals surface area contributed by atoms with Crippen LogP contribution < -0.4 is 9.47 Å². The third-order valence-electron chi connectivity index (χ3n) is 6.83. The normalized spacial score (nSPS) is 15.0. The number of para-hydroxylation sites is 1. The van der Waals surface area contributed by atoms with Gasteiger partial charge < -0.3 is 18.9 Å². The van der Waals surface area contributed by atoms with E-state index in [1.807, 2.05) is 52.9 Å². The molecular formula is C28H27N3O3S. The lowest BCUT2D eigenvalue weighted by molar-refractivity contribution is 0.0666. The summed E-state index contributed by atoms with van der Waals surface area (Å²) in [5.41, 5.74) is 4.62. The van der Waals surface area contributed by atoms with Crippen molar-refractivity contribution in [3.8, 4) is 17.6 Å². The number of thiophene rings is 1. The molecule has 0 saturated heterocycles. The number of hydrogen-bond donors (Lipinski definition) is 0. The van der Waals surface area contributed by atoms with Crippen LogP contribution in [0.3, 0.4) is 0 Å². The van der Waals surface area contributed by atoms with E-state index >= 15 is 0 Å². The van der Waals surface area contributed by atoms with Crippen LogP contribution >= 0.6 is 11.3 Å². The summed E-state index contributed by atoms with van der Waals surface area (Å²) in [6.07, 6.45) is 3.28. The number of aryl methyl sites for hydroxylation is 1. The van der Waals surface area contributed by atoms with Crippen molar-refractivity contribution >= 4 is 28.1 Å². The molecule has 1 unspecified atom stereocenters. The molecule has 5 rings (SSSR count). The minimum Gasteiger partial charge on any atom is -0.493 e. The highest BCUT2D eigenvalue weighted by atomic mass is 32.1. The summed E-state index contributed by atoms with van der Waals surface area (Å²) < 4.78 is 13.0. The molecule has 1 aliphatic rings. The van der Waals surface area contributed by atoms with E-state index in [2.05, 4.69) is 23.6 Å². The Bertz CT molecular complexity index is 1450. The Morgan fingerprint density at radius 2 is 1.97 bits per heavy atom. The zero-order valence-electron chi connectivity index (χ0n) is 20.1. The van der Waals surface area contributed by atoms with E-state index in [1.54, 1.807) is 25.6 Å². The lowest BCUT2D eigenvalue weighted by atomic mass is 9.93. The molecule has 0 saturated carbocycles. The number of aromatic nitrogens is 1. The van der Waals surface area contributed by atoms with Crippen molar-refractivity contribution < 1.29 is 14.3 Å². The van der Waals surface area contributed by atoms with Crippen LogP contribution in [-0.4, -0.2) is 36.1 Å². The first-order valence-electron chi connectivity index (χ1n) is 11.7. The topological polar surface area (TPSA) is 67.5 Å². The molecule has 1 aliphatic heterocycles. The largest absolute Gasteiger partial charge is 0.493 e. The second-order valence-electron chi connectivity index (χ2n) is 8.61. The summed E-state index contributed by atoms with van der Waals surface area (Å²) in [4.78, 5) is 17.1. The first-order valence-corrected chi connectivity index (χ1v) is 12.6. The Balaban J connectivity index is 1.57. The Kier molecular flexibility index (Phi) is 6.23. The molecule has 2 aromatic carbocycles. The number of nitrogens with zero attached hydrogens (tertiary/aromatic N) is 3. The maximum atomic E-state index is 14.1. The van der Waals surface area contributed by atoms with Crippen molar-refractivity contribution in [2.45, 2.75) is 32.4 Å². The molecule has 3 heterocycles. The molecule has 0 aliphatic carbocycles.